The standard InChI is InChI=1S/C17H16ClN3O2.ClH/c1-2-23-15(22)8-10-21-16(12-5-3-6-13(18)11-12)20-14-7-4-9-19-17(14)21;/h3-7,9,11H,2,8,10H2,1H3;1H. The largest absolute Gasteiger partial charge is 0.466 e. The fourth-order valence-electron chi connectivity index (χ4n) is 2.45. The first-order valence-electron chi connectivity index (χ1n) is 7.42. The Kier molecular flexibility index (Phi) is 6.17. The molecule has 1 aromatic carbocycles. The van der Waals surface area contributed by atoms with Gasteiger partial charge in [-0.1, -0.05) is 23.7 Å². The molecule has 2 aromatic heterocycles. The van der Waals surface area contributed by atoms with E-state index in [4.69, 9.17) is 16.3 Å². The molecule has 0 spiro atoms. The van der Waals surface area contributed by atoms with Gasteiger partial charge in [0, 0.05) is 23.3 Å². The van der Waals surface area contributed by atoms with Crippen LogP contribution >= 0.6 is 24.0 Å². The average molecular weight is 366 g/mol. The molecule has 0 aliphatic heterocycles. The summed E-state index contributed by atoms with van der Waals surface area (Å²) >= 11 is 6.09. The summed E-state index contributed by atoms with van der Waals surface area (Å²) in [7, 11) is 0. The predicted octanol–water partition coefficient (Wildman–Crippen LogP) is 4.13. The van der Waals surface area contributed by atoms with Crippen molar-refractivity contribution in [1.82, 2.24) is 14.5 Å². The lowest BCUT2D eigenvalue weighted by Gasteiger charge is -2.08. The molecule has 0 aliphatic rings. The minimum atomic E-state index is -0.234. The molecule has 24 heavy (non-hydrogen) atoms. The Morgan fingerprint density at radius 3 is 2.88 bits per heavy atom. The van der Waals surface area contributed by atoms with Gasteiger partial charge in [0.2, 0.25) is 0 Å². The lowest BCUT2D eigenvalue weighted by Crippen LogP contribution is -2.10. The predicted molar refractivity (Wildman–Crippen MR) is 96.5 cm³/mol. The Hall–Kier alpha value is -2.11. The molecule has 0 radical (unpaired) electrons. The highest BCUT2D eigenvalue weighted by molar-refractivity contribution is 6.30. The van der Waals surface area contributed by atoms with Crippen LogP contribution in [-0.4, -0.2) is 27.1 Å². The molecule has 3 rings (SSSR count). The number of pyridine rings is 1. The Bertz CT molecular complexity index is 849. The maximum Gasteiger partial charge on any atom is 0.307 e. The number of nitrogens with zero attached hydrogens (tertiary/aromatic N) is 3. The molecule has 2 heterocycles. The summed E-state index contributed by atoms with van der Waals surface area (Å²) in [5.41, 5.74) is 2.41. The van der Waals surface area contributed by atoms with Gasteiger partial charge in [0.05, 0.1) is 13.0 Å². The van der Waals surface area contributed by atoms with Gasteiger partial charge in [-0.25, -0.2) is 9.97 Å². The third kappa shape index (κ3) is 3.86. The molecule has 126 valence electrons. The van der Waals surface area contributed by atoms with Crippen LogP contribution < -0.4 is 0 Å². The summed E-state index contributed by atoms with van der Waals surface area (Å²) in [6, 6.07) is 11.2. The molecule has 0 fully saturated rings. The number of benzene rings is 1. The Morgan fingerprint density at radius 1 is 1.29 bits per heavy atom. The summed E-state index contributed by atoms with van der Waals surface area (Å²) in [6.45, 7) is 2.63. The number of hydrogen-bond acceptors (Lipinski definition) is 4. The third-order valence-electron chi connectivity index (χ3n) is 3.43. The number of imidazole rings is 1. The van der Waals surface area contributed by atoms with E-state index in [2.05, 4.69) is 9.97 Å². The second-order valence-electron chi connectivity index (χ2n) is 5.00. The highest BCUT2D eigenvalue weighted by atomic mass is 35.5. The van der Waals surface area contributed by atoms with Crippen LogP contribution in [0.2, 0.25) is 5.02 Å². The number of rotatable bonds is 5. The van der Waals surface area contributed by atoms with Crippen LogP contribution in [0.4, 0.5) is 0 Å². The van der Waals surface area contributed by atoms with Crippen LogP contribution in [0, 0.1) is 0 Å². The first kappa shape index (κ1) is 18.2. The van der Waals surface area contributed by atoms with Gasteiger partial charge in [-0.2, -0.15) is 0 Å². The second-order valence-corrected chi connectivity index (χ2v) is 5.43. The van der Waals surface area contributed by atoms with Crippen molar-refractivity contribution >= 4 is 41.1 Å². The number of carbonyl (C=O) groups is 1. The molecule has 0 unspecified atom stereocenters. The second kappa shape index (κ2) is 8.13. The van der Waals surface area contributed by atoms with E-state index in [0.717, 1.165) is 22.6 Å². The average Bonchev–Trinajstić information content (AvgIpc) is 2.92. The molecule has 0 saturated heterocycles. The number of fused-ring (bicyclic) bond motifs is 1. The van der Waals surface area contributed by atoms with Crippen molar-refractivity contribution in [3.63, 3.8) is 0 Å². The van der Waals surface area contributed by atoms with E-state index in [-0.39, 0.29) is 24.8 Å². The zero-order chi connectivity index (χ0) is 16.2. The quantitative estimate of drug-likeness (QED) is 0.638. The van der Waals surface area contributed by atoms with Gasteiger partial charge in [-0.3, -0.25) is 4.79 Å². The van der Waals surface area contributed by atoms with Gasteiger partial charge in [-0.05, 0) is 31.2 Å². The van der Waals surface area contributed by atoms with Crippen LogP contribution in [0.3, 0.4) is 0 Å². The fraction of sp³-hybridized carbons (Fsp3) is 0.235. The van der Waals surface area contributed by atoms with Crippen molar-refractivity contribution in [1.29, 1.82) is 0 Å². The summed E-state index contributed by atoms with van der Waals surface area (Å²) < 4.78 is 6.93. The Morgan fingerprint density at radius 2 is 2.12 bits per heavy atom. The zero-order valence-corrected chi connectivity index (χ0v) is 14.7. The maximum atomic E-state index is 11.7. The first-order valence-corrected chi connectivity index (χ1v) is 7.79. The summed E-state index contributed by atoms with van der Waals surface area (Å²) in [5.74, 6) is 0.507. The molecule has 0 aliphatic carbocycles. The van der Waals surface area contributed by atoms with Crippen molar-refractivity contribution < 1.29 is 9.53 Å². The number of carbonyl (C=O) groups excluding carboxylic acids is 1. The van der Waals surface area contributed by atoms with E-state index in [1.54, 1.807) is 13.1 Å². The highest BCUT2D eigenvalue weighted by Gasteiger charge is 2.15. The number of hydrogen-bond donors (Lipinski definition) is 0. The molecule has 7 heteroatoms. The van der Waals surface area contributed by atoms with Gasteiger partial charge in [0.15, 0.2) is 5.65 Å². The zero-order valence-electron chi connectivity index (χ0n) is 13.1. The van der Waals surface area contributed by atoms with Crippen molar-refractivity contribution in [3.05, 3.63) is 47.6 Å². The summed E-state index contributed by atoms with van der Waals surface area (Å²) in [6.07, 6.45) is 1.98. The molecule has 0 N–H and O–H groups in total. The van der Waals surface area contributed by atoms with Crippen LogP contribution in [0.1, 0.15) is 13.3 Å². The highest BCUT2D eigenvalue weighted by Crippen LogP contribution is 2.26. The van der Waals surface area contributed by atoms with Crippen LogP contribution in [-0.2, 0) is 16.1 Å². The van der Waals surface area contributed by atoms with Gasteiger partial charge >= 0.3 is 5.97 Å². The number of halogens is 2. The fourth-order valence-corrected chi connectivity index (χ4v) is 2.64. The van der Waals surface area contributed by atoms with Crippen molar-refractivity contribution in [2.24, 2.45) is 0 Å². The lowest BCUT2D eigenvalue weighted by molar-refractivity contribution is -0.143. The Labute approximate surface area is 151 Å². The molecular formula is C17H17Cl2N3O2. The summed E-state index contributed by atoms with van der Waals surface area (Å²) in [5, 5.41) is 0.638. The topological polar surface area (TPSA) is 57.0 Å². The van der Waals surface area contributed by atoms with E-state index in [9.17, 15) is 4.79 Å². The van der Waals surface area contributed by atoms with Gasteiger partial charge in [-0.15, -0.1) is 12.4 Å². The molecule has 0 atom stereocenters. The van der Waals surface area contributed by atoms with Gasteiger partial charge in [0.25, 0.3) is 0 Å². The third-order valence-corrected chi connectivity index (χ3v) is 3.67. The van der Waals surface area contributed by atoms with E-state index >= 15 is 0 Å². The lowest BCUT2D eigenvalue weighted by atomic mass is 10.2. The SMILES string of the molecule is CCOC(=O)CCn1c(-c2cccc(Cl)c2)nc2cccnc21.Cl. The monoisotopic (exact) mass is 365 g/mol. The molecule has 3 aromatic rings. The minimum Gasteiger partial charge on any atom is -0.466 e. The molecule has 0 bridgehead atoms. The minimum absolute atomic E-state index is 0. The van der Waals surface area contributed by atoms with E-state index in [1.165, 1.54) is 0 Å². The van der Waals surface area contributed by atoms with E-state index in [0.29, 0.717) is 18.2 Å². The van der Waals surface area contributed by atoms with E-state index in [1.807, 2.05) is 41.0 Å². The van der Waals surface area contributed by atoms with Crippen LogP contribution in [0.25, 0.3) is 22.6 Å². The number of aromatic nitrogens is 3. The first-order chi connectivity index (χ1) is 11.2. The van der Waals surface area contributed by atoms with E-state index < -0.39 is 0 Å². The van der Waals surface area contributed by atoms with Crippen molar-refractivity contribution in [2.45, 2.75) is 19.9 Å². The van der Waals surface area contributed by atoms with Crippen LogP contribution in [0.15, 0.2) is 42.6 Å². The van der Waals surface area contributed by atoms with Gasteiger partial charge < -0.3 is 9.30 Å². The molecule has 0 amide bonds. The number of esters is 1. The number of ether oxygens (including phenoxy) is 1. The molecule has 5 nitrogen and oxygen atoms in total. The maximum absolute atomic E-state index is 11.7. The van der Waals surface area contributed by atoms with Crippen LogP contribution in [0.5, 0.6) is 0 Å². The van der Waals surface area contributed by atoms with Crippen molar-refractivity contribution in [3.8, 4) is 11.4 Å². The smallest absolute Gasteiger partial charge is 0.307 e. The van der Waals surface area contributed by atoms with Crippen molar-refractivity contribution in [2.75, 3.05) is 6.61 Å². The Balaban J connectivity index is 0.00000208. The number of aryl methyl sites for hydroxylation is 1. The van der Waals surface area contributed by atoms with Gasteiger partial charge in [0.1, 0.15) is 11.3 Å². The normalized spacial score (nSPS) is 10.4. The summed E-state index contributed by atoms with van der Waals surface area (Å²) in [4.78, 5) is 20.7. The molecular weight excluding hydrogens is 349 g/mol. The molecule has 0 saturated carbocycles.